The Labute approximate surface area is 115 Å². The maximum absolute atomic E-state index is 9.76. The Morgan fingerprint density at radius 3 is 1.42 bits per heavy atom. The number of hydrogen-bond acceptors (Lipinski definition) is 9. The fraction of sp³-hybridized carbons (Fsp3) is 0.889. The van der Waals surface area contributed by atoms with Crippen LogP contribution in [0.1, 0.15) is 0 Å². The molecule has 0 heterocycles. The van der Waals surface area contributed by atoms with E-state index in [4.69, 9.17) is 41.5 Å². The van der Waals surface area contributed by atoms with Crippen molar-refractivity contribution in [2.45, 2.75) is 30.5 Å². The molecule has 0 aliphatic heterocycles. The summed E-state index contributed by atoms with van der Waals surface area (Å²) in [6.45, 7) is -1.45. The minimum Gasteiger partial charge on any atom is -0.480 e. The van der Waals surface area contributed by atoms with Crippen molar-refractivity contribution in [3.8, 4) is 0 Å². The Morgan fingerprint density at radius 1 is 1.00 bits per heavy atom. The van der Waals surface area contributed by atoms with Gasteiger partial charge in [0, 0.05) is 5.75 Å². The fourth-order valence-electron chi connectivity index (χ4n) is 0.749. The summed E-state index contributed by atoms with van der Waals surface area (Å²) in [5, 5.41) is 60.2. The number of nitrogens with two attached hydrogens (primary N) is 1. The van der Waals surface area contributed by atoms with Crippen molar-refractivity contribution in [3.63, 3.8) is 0 Å². The van der Waals surface area contributed by atoms with E-state index in [1.54, 1.807) is 0 Å². The van der Waals surface area contributed by atoms with Crippen molar-refractivity contribution >= 4 is 18.6 Å². The molecule has 0 fully saturated rings. The lowest BCUT2D eigenvalue weighted by Crippen LogP contribution is -2.46. The first-order valence-electron chi connectivity index (χ1n) is 5.26. The number of rotatable bonds is 7. The van der Waals surface area contributed by atoms with Crippen molar-refractivity contribution in [2.75, 3.05) is 19.0 Å². The van der Waals surface area contributed by atoms with Gasteiger partial charge in [-0.05, 0) is 0 Å². The van der Waals surface area contributed by atoms with Gasteiger partial charge in [-0.3, -0.25) is 4.79 Å². The van der Waals surface area contributed by atoms with E-state index in [9.17, 15) is 4.79 Å². The van der Waals surface area contributed by atoms with Gasteiger partial charge >= 0.3 is 5.97 Å². The van der Waals surface area contributed by atoms with E-state index in [-0.39, 0.29) is 5.75 Å². The van der Waals surface area contributed by atoms with Gasteiger partial charge in [0.25, 0.3) is 0 Å². The van der Waals surface area contributed by atoms with Crippen molar-refractivity contribution in [1.82, 2.24) is 0 Å². The van der Waals surface area contributed by atoms with Gasteiger partial charge in [0.05, 0.1) is 13.2 Å². The number of thiol groups is 1. The molecule has 5 unspecified atom stereocenters. The van der Waals surface area contributed by atoms with E-state index in [2.05, 4.69) is 12.6 Å². The first kappa shape index (κ1) is 20.8. The van der Waals surface area contributed by atoms with Crippen LogP contribution < -0.4 is 5.73 Å². The zero-order valence-corrected chi connectivity index (χ0v) is 11.0. The molecule has 0 amide bonds. The Hall–Kier alpha value is -0.460. The van der Waals surface area contributed by atoms with Gasteiger partial charge in [0.1, 0.15) is 30.5 Å². The molecule has 19 heavy (non-hydrogen) atoms. The zero-order valence-electron chi connectivity index (χ0n) is 10.1. The summed E-state index contributed by atoms with van der Waals surface area (Å²) in [5.74, 6) is -0.815. The molecule has 0 aliphatic rings. The fourth-order valence-corrected chi connectivity index (χ4v) is 0.905. The number of carboxylic acid groups (broad SMARTS) is 1. The van der Waals surface area contributed by atoms with E-state index >= 15 is 0 Å². The number of aliphatic carboxylic acids is 1. The molecule has 10 heteroatoms. The highest BCUT2D eigenvalue weighted by atomic mass is 32.1. The second kappa shape index (κ2) is 11.4. The van der Waals surface area contributed by atoms with E-state index < -0.39 is 49.6 Å². The number of hydrogen-bond donors (Lipinski definition) is 9. The maximum atomic E-state index is 9.76. The van der Waals surface area contributed by atoms with Crippen molar-refractivity contribution in [2.24, 2.45) is 5.73 Å². The molecule has 9 N–H and O–H groups in total. The average Bonchev–Trinajstić information content (AvgIpc) is 2.43. The molecule has 0 spiro atoms. The molecule has 0 radical (unpaired) electrons. The molecule has 116 valence electrons. The summed E-state index contributed by atoms with van der Waals surface area (Å²) >= 11 is 3.65. The molecule has 0 saturated heterocycles. The highest BCUT2D eigenvalue weighted by Gasteiger charge is 2.29. The van der Waals surface area contributed by atoms with Crippen LogP contribution in [0, 0.1) is 0 Å². The molecule has 0 saturated carbocycles. The van der Waals surface area contributed by atoms with E-state index in [0.29, 0.717) is 0 Å². The number of carboxylic acids is 1. The summed E-state index contributed by atoms with van der Waals surface area (Å²) in [4.78, 5) is 9.76. The largest absolute Gasteiger partial charge is 0.480 e. The highest BCUT2D eigenvalue weighted by Crippen LogP contribution is 2.03. The van der Waals surface area contributed by atoms with Crippen molar-refractivity contribution < 1.29 is 40.5 Å². The molecule has 0 aromatic carbocycles. The normalized spacial score (nSPS) is 18.5. The first-order valence-corrected chi connectivity index (χ1v) is 5.89. The summed E-state index contributed by atoms with van der Waals surface area (Å²) in [6.07, 6.45) is -6.39. The third-order valence-corrected chi connectivity index (χ3v) is 2.42. The van der Waals surface area contributed by atoms with Crippen LogP contribution in [0.3, 0.4) is 0 Å². The molecule has 0 aromatic rings. The van der Waals surface area contributed by atoms with Gasteiger partial charge < -0.3 is 41.5 Å². The van der Waals surface area contributed by atoms with Gasteiger partial charge in [-0.2, -0.15) is 12.6 Å². The third-order valence-electron chi connectivity index (χ3n) is 2.03. The lowest BCUT2D eigenvalue weighted by molar-refractivity contribution is -0.137. The molecule has 9 nitrogen and oxygen atoms in total. The van der Waals surface area contributed by atoms with E-state index in [1.807, 2.05) is 0 Å². The summed E-state index contributed by atoms with van der Waals surface area (Å²) in [5.41, 5.74) is 4.94. The highest BCUT2D eigenvalue weighted by molar-refractivity contribution is 7.80. The van der Waals surface area contributed by atoms with Crippen molar-refractivity contribution in [1.29, 1.82) is 0 Å². The number of aliphatic hydroxyl groups is 6. The summed E-state index contributed by atoms with van der Waals surface area (Å²) in [6, 6.07) is -0.816. The van der Waals surface area contributed by atoms with Crippen LogP contribution in [0.4, 0.5) is 0 Å². The third kappa shape index (κ3) is 9.13. The molecule has 0 aliphatic carbocycles. The van der Waals surface area contributed by atoms with Gasteiger partial charge in [-0.1, -0.05) is 0 Å². The van der Waals surface area contributed by atoms with Gasteiger partial charge in [0.2, 0.25) is 0 Å². The Balaban J connectivity index is 0. The SMILES string of the molecule is NC(CS)C(=O)O.OCC(O)C(O)C(O)C(O)CO. The summed E-state index contributed by atoms with van der Waals surface area (Å²) < 4.78 is 0. The Bertz CT molecular complexity index is 230. The second-order valence-electron chi connectivity index (χ2n) is 3.61. The quantitative estimate of drug-likeness (QED) is 0.210. The summed E-state index contributed by atoms with van der Waals surface area (Å²) in [7, 11) is 0. The topological polar surface area (TPSA) is 185 Å². The predicted octanol–water partition coefficient (Wildman–Crippen LogP) is -4.26. The van der Waals surface area contributed by atoms with E-state index in [0.717, 1.165) is 0 Å². The Morgan fingerprint density at radius 2 is 1.32 bits per heavy atom. The molecular formula is C9H21NO8S. The van der Waals surface area contributed by atoms with Gasteiger partial charge in [-0.25, -0.2) is 0 Å². The van der Waals surface area contributed by atoms with Gasteiger partial charge in [-0.15, -0.1) is 0 Å². The van der Waals surface area contributed by atoms with Crippen LogP contribution in [-0.4, -0.2) is 91.1 Å². The minimum atomic E-state index is -1.67. The molecule has 0 rings (SSSR count). The minimum absolute atomic E-state index is 0.190. The molecule has 0 bridgehead atoms. The van der Waals surface area contributed by atoms with Crippen LogP contribution >= 0.6 is 12.6 Å². The van der Waals surface area contributed by atoms with Crippen molar-refractivity contribution in [3.05, 3.63) is 0 Å². The van der Waals surface area contributed by atoms with Crippen LogP contribution in [-0.2, 0) is 4.79 Å². The standard InChI is InChI=1S/C6H14O6.C3H7NO2S/c7-1-3(9)5(11)6(12)4(10)2-8;4-2(1-7)3(5)6/h3-12H,1-2H2;2,7H,1,4H2,(H,5,6). The lowest BCUT2D eigenvalue weighted by Gasteiger charge is -2.24. The monoisotopic (exact) mass is 303 g/mol. The Kier molecular flexibility index (Phi) is 12.5. The van der Waals surface area contributed by atoms with Crippen LogP contribution in [0.25, 0.3) is 0 Å². The van der Waals surface area contributed by atoms with Crippen LogP contribution in [0.2, 0.25) is 0 Å². The first-order chi connectivity index (χ1) is 8.72. The molecule has 0 aromatic heterocycles. The molecule has 5 atom stereocenters. The smallest absolute Gasteiger partial charge is 0.321 e. The predicted molar refractivity (Wildman–Crippen MR) is 67.7 cm³/mol. The lowest BCUT2D eigenvalue weighted by atomic mass is 10.0. The van der Waals surface area contributed by atoms with Crippen LogP contribution in [0.15, 0.2) is 0 Å². The zero-order chi connectivity index (χ0) is 15.6. The van der Waals surface area contributed by atoms with Crippen LogP contribution in [0.5, 0.6) is 0 Å². The average molecular weight is 303 g/mol. The number of carbonyl (C=O) groups is 1. The molecular weight excluding hydrogens is 282 g/mol. The maximum Gasteiger partial charge on any atom is 0.321 e. The number of aliphatic hydroxyl groups excluding tert-OH is 6. The van der Waals surface area contributed by atoms with Gasteiger partial charge in [0.15, 0.2) is 0 Å². The van der Waals surface area contributed by atoms with E-state index in [1.165, 1.54) is 0 Å². The second-order valence-corrected chi connectivity index (χ2v) is 3.97.